The lowest BCUT2D eigenvalue weighted by atomic mass is 9.67. The van der Waals surface area contributed by atoms with E-state index in [4.69, 9.17) is 22.5 Å². The Morgan fingerprint density at radius 2 is 0.931 bits per heavy atom. The SMILES string of the molecule is CC(C)(C)OC(=O)N1CCC=C1C[C@@H]1C(=O)C=C[C@@H](O[Si](c2ccccc2)(c2ccccc2)C(C)(C)C)C1(C)C.CC(C)S(=O)(=O)OCC1=CCCN1C(=O)OC(C)(C)C.CC1(C)CC(=O)C=C[C@H]1O[Si](c1ccccc1)(c1ccccc1)C(C)(C)C. The van der Waals surface area contributed by atoms with E-state index in [1.807, 2.05) is 45.1 Å². The van der Waals surface area contributed by atoms with E-state index in [-0.39, 0.29) is 57.9 Å². The lowest BCUT2D eigenvalue weighted by molar-refractivity contribution is -0.125. The van der Waals surface area contributed by atoms with Gasteiger partial charge in [0.1, 0.15) is 17.8 Å². The van der Waals surface area contributed by atoms with Gasteiger partial charge in [0, 0.05) is 47.7 Å². The molecule has 2 aliphatic heterocycles. The van der Waals surface area contributed by atoms with Crippen molar-refractivity contribution in [2.45, 2.75) is 189 Å². The van der Waals surface area contributed by atoms with Crippen LogP contribution in [0.5, 0.6) is 0 Å². The first-order valence-corrected chi connectivity index (χ1v) is 35.9. The Morgan fingerprint density at radius 1 is 0.563 bits per heavy atom. The van der Waals surface area contributed by atoms with E-state index < -0.39 is 54.7 Å². The van der Waals surface area contributed by atoms with Crippen LogP contribution in [0.2, 0.25) is 10.1 Å². The smallest absolute Gasteiger partial charge is 0.414 e. The standard InChI is InChI=1S/C34H45NO4Si.C24H30O2Si.C13H23NO5S/c1-32(2,3)38-31(37)35-23-15-16-25(35)24-28-29(36)21-22-30(34(28,7)8)39-40(33(4,5)6,26-17-11-9-12-18-26)27-19-13-10-14-20-27;1-23(2,3)27(20-12-8-6-9-13-20,21-14-10-7-11-15-21)26-22-17-16-19(25)18-24(22,4)5;1-10(2)20(16,17)18-9-11-7-6-8-14(11)12(15)19-13(3,4)5/h9-14,16-22,28,30H,15,23-24H2,1-8H3;6-17,22H,18H2,1-5H3;7,10H,6,8-9H2,1-5H3/t28-,30-;22-;/m11./s1. The summed E-state index contributed by atoms with van der Waals surface area (Å²) >= 11 is 0. The molecule has 0 bridgehead atoms. The lowest BCUT2D eigenvalue weighted by Gasteiger charge is -2.50. The second kappa shape index (κ2) is 27.8. The Balaban J connectivity index is 0.000000223. The first-order valence-electron chi connectivity index (χ1n) is 30.6. The van der Waals surface area contributed by atoms with Crippen molar-refractivity contribution < 1.29 is 50.1 Å². The van der Waals surface area contributed by atoms with Gasteiger partial charge in [-0.05, 0) is 118 Å². The Morgan fingerprint density at radius 3 is 1.30 bits per heavy atom. The van der Waals surface area contributed by atoms with E-state index in [2.05, 4.69) is 185 Å². The number of nitrogens with zero attached hydrogens (tertiary/aromatic N) is 2. The molecule has 2 heterocycles. The lowest BCUT2D eigenvalue weighted by Crippen LogP contribution is -2.69. The highest BCUT2D eigenvalue weighted by Gasteiger charge is 2.56. The van der Waals surface area contributed by atoms with Crippen molar-refractivity contribution in [2.75, 3.05) is 19.7 Å². The summed E-state index contributed by atoms with van der Waals surface area (Å²) < 4.78 is 53.8. The molecular formula is C71H98N2O11SSi2. The van der Waals surface area contributed by atoms with Crippen LogP contribution in [-0.2, 0) is 42.2 Å². The fourth-order valence-electron chi connectivity index (χ4n) is 11.8. The number of hydrogen-bond acceptors (Lipinski definition) is 11. The van der Waals surface area contributed by atoms with Crippen LogP contribution < -0.4 is 20.7 Å². The van der Waals surface area contributed by atoms with E-state index in [0.29, 0.717) is 38.0 Å². The van der Waals surface area contributed by atoms with Gasteiger partial charge in [0.2, 0.25) is 0 Å². The van der Waals surface area contributed by atoms with Crippen molar-refractivity contribution in [3.8, 4) is 0 Å². The largest absolute Gasteiger partial charge is 0.443 e. The molecule has 4 aliphatic rings. The number of ether oxygens (including phenoxy) is 2. The minimum Gasteiger partial charge on any atom is -0.443 e. The highest BCUT2D eigenvalue weighted by molar-refractivity contribution is 7.87. The van der Waals surface area contributed by atoms with Crippen molar-refractivity contribution in [1.29, 1.82) is 0 Å². The first kappa shape index (κ1) is 70.1. The van der Waals surface area contributed by atoms with Crippen LogP contribution in [0.1, 0.15) is 150 Å². The van der Waals surface area contributed by atoms with Crippen molar-refractivity contribution in [1.82, 2.24) is 9.80 Å². The number of carbonyl (C=O) groups excluding carboxylic acids is 4. The molecule has 0 saturated carbocycles. The quantitative estimate of drug-likeness (QED) is 0.0875. The van der Waals surface area contributed by atoms with Gasteiger partial charge in [0.05, 0.1) is 17.5 Å². The van der Waals surface area contributed by atoms with Crippen LogP contribution in [0.15, 0.2) is 169 Å². The molecule has 4 aromatic carbocycles. The molecule has 472 valence electrons. The van der Waals surface area contributed by atoms with Crippen molar-refractivity contribution >= 4 is 71.3 Å². The topological polar surface area (TPSA) is 155 Å². The summed E-state index contributed by atoms with van der Waals surface area (Å²) in [7, 11) is -9.04. The average molecular weight is 1240 g/mol. The van der Waals surface area contributed by atoms with Crippen LogP contribution in [0, 0.1) is 16.7 Å². The molecule has 3 atom stereocenters. The fraction of sp³-hybridized carbons (Fsp3) is 0.493. The second-order valence-electron chi connectivity index (χ2n) is 28.8. The summed E-state index contributed by atoms with van der Waals surface area (Å²) in [5, 5.41) is 4.09. The van der Waals surface area contributed by atoms with Gasteiger partial charge in [0.15, 0.2) is 11.6 Å². The Bertz CT molecular complexity index is 3160. The van der Waals surface area contributed by atoms with Gasteiger partial charge >= 0.3 is 12.2 Å². The number of carbonyl (C=O) groups is 4. The summed E-state index contributed by atoms with van der Waals surface area (Å²) in [4.78, 5) is 53.5. The number of hydrogen-bond donors (Lipinski definition) is 0. The molecule has 0 spiro atoms. The third kappa shape index (κ3) is 17.0. The van der Waals surface area contributed by atoms with Crippen LogP contribution in [-0.4, -0.2) is 107 Å². The number of ketones is 2. The predicted octanol–water partition coefficient (Wildman–Crippen LogP) is 13.4. The Hall–Kier alpha value is -6.02. The second-order valence-corrected chi connectivity index (χ2v) is 39.4. The molecule has 0 radical (unpaired) electrons. The van der Waals surface area contributed by atoms with E-state index in [1.165, 1.54) is 25.6 Å². The minimum absolute atomic E-state index is 0.0684. The number of benzene rings is 4. The summed E-state index contributed by atoms with van der Waals surface area (Å²) in [5.41, 5.74) is -0.512. The van der Waals surface area contributed by atoms with E-state index in [0.717, 1.165) is 12.1 Å². The number of rotatable bonds is 14. The van der Waals surface area contributed by atoms with Crippen LogP contribution in [0.4, 0.5) is 9.59 Å². The molecule has 0 aromatic heterocycles. The third-order valence-electron chi connectivity index (χ3n) is 16.5. The highest BCUT2D eigenvalue weighted by atomic mass is 32.2. The zero-order valence-corrected chi connectivity index (χ0v) is 57.9. The molecule has 8 rings (SSSR count). The van der Waals surface area contributed by atoms with E-state index in [9.17, 15) is 27.6 Å². The number of allylic oxidation sites excluding steroid dienone is 3. The molecule has 87 heavy (non-hydrogen) atoms. The highest BCUT2D eigenvalue weighted by Crippen LogP contribution is 2.47. The summed E-state index contributed by atoms with van der Waals surface area (Å²) in [6, 6.07) is 42.5. The van der Waals surface area contributed by atoms with Gasteiger partial charge in [0.25, 0.3) is 26.8 Å². The molecule has 16 heteroatoms. The Labute approximate surface area is 523 Å². The zero-order valence-electron chi connectivity index (χ0n) is 55.1. The normalized spacial score (nSPS) is 19.8. The molecule has 2 aliphatic carbocycles. The summed E-state index contributed by atoms with van der Waals surface area (Å²) in [6.45, 7) is 37.2. The van der Waals surface area contributed by atoms with Crippen molar-refractivity contribution in [3.05, 3.63) is 169 Å². The van der Waals surface area contributed by atoms with Crippen molar-refractivity contribution in [3.63, 3.8) is 0 Å². The monoisotopic (exact) mass is 1240 g/mol. The molecule has 0 unspecified atom stereocenters. The summed E-state index contributed by atoms with van der Waals surface area (Å²) in [5.74, 6) is -0.0819. The van der Waals surface area contributed by atoms with Crippen LogP contribution in [0.3, 0.4) is 0 Å². The van der Waals surface area contributed by atoms with Crippen LogP contribution in [0.25, 0.3) is 0 Å². The average Bonchev–Trinajstić information content (AvgIpc) is 0.935. The Kier molecular flexibility index (Phi) is 22.4. The first-order chi connectivity index (χ1) is 40.4. The third-order valence-corrected chi connectivity index (χ3v) is 28.1. The molecule has 2 amide bonds. The van der Waals surface area contributed by atoms with Crippen molar-refractivity contribution in [2.24, 2.45) is 16.7 Å². The molecule has 13 nitrogen and oxygen atoms in total. The zero-order chi connectivity index (χ0) is 64.6. The van der Waals surface area contributed by atoms with E-state index in [1.54, 1.807) is 57.7 Å². The van der Waals surface area contributed by atoms with Gasteiger partial charge in [-0.15, -0.1) is 0 Å². The maximum atomic E-state index is 13.5. The van der Waals surface area contributed by atoms with E-state index >= 15 is 0 Å². The molecule has 0 N–H and O–H groups in total. The van der Waals surface area contributed by atoms with Gasteiger partial charge in [-0.1, -0.05) is 215 Å². The van der Waals surface area contributed by atoms with Gasteiger partial charge in [-0.2, -0.15) is 8.42 Å². The molecule has 4 aromatic rings. The maximum Gasteiger partial charge on any atom is 0.414 e. The molecule has 0 saturated heterocycles. The number of amides is 2. The maximum absolute atomic E-state index is 13.5. The predicted molar refractivity (Wildman–Crippen MR) is 355 cm³/mol. The van der Waals surface area contributed by atoms with Gasteiger partial charge in [-0.3, -0.25) is 23.6 Å². The molecule has 0 fully saturated rings. The van der Waals surface area contributed by atoms with Gasteiger partial charge in [-0.25, -0.2) is 9.59 Å². The van der Waals surface area contributed by atoms with Gasteiger partial charge < -0.3 is 18.3 Å². The summed E-state index contributed by atoms with van der Waals surface area (Å²) in [6.07, 6.45) is 12.4. The van der Waals surface area contributed by atoms with Crippen LogP contribution >= 0.6 is 0 Å². The molecular weight excluding hydrogens is 1150 g/mol. The fourth-order valence-corrected chi connectivity index (χ4v) is 21.9. The minimum atomic E-state index is -3.59.